The molecule has 9 heteroatoms. The van der Waals surface area contributed by atoms with Gasteiger partial charge in [0.25, 0.3) is 0 Å². The Balaban J connectivity index is 0.00000231. The van der Waals surface area contributed by atoms with Crippen LogP contribution in [0.1, 0.15) is 0 Å². The van der Waals surface area contributed by atoms with E-state index in [1.54, 1.807) is 21.8 Å². The van der Waals surface area contributed by atoms with Crippen LogP contribution in [0, 0.1) is 12.1 Å². The van der Waals surface area contributed by atoms with Crippen LogP contribution in [-0.4, -0.2) is 36.8 Å². The molecule has 7 nitrogen and oxygen atoms in total. The summed E-state index contributed by atoms with van der Waals surface area (Å²) < 4.78 is 3.48. The SMILES string of the molecule is [Pt+2].[c-]1c(-n2ccnn2)ccc2c1N1B(c3ccccc3-2)c2ccccc2-c2ccc(-n3ccnn3)[c-]c21. The third-order valence-electron chi connectivity index (χ3n) is 6.99. The van der Waals surface area contributed by atoms with E-state index in [-0.39, 0.29) is 27.9 Å². The van der Waals surface area contributed by atoms with Gasteiger partial charge in [-0.2, -0.15) is 12.1 Å². The van der Waals surface area contributed by atoms with Crippen molar-refractivity contribution in [3.63, 3.8) is 0 Å². The first-order valence-corrected chi connectivity index (χ1v) is 11.7. The summed E-state index contributed by atoms with van der Waals surface area (Å²) in [5, 5.41) is 16.4. The predicted octanol–water partition coefficient (Wildman–Crippen LogP) is 3.35. The number of hydrogen-bond donors (Lipinski definition) is 0. The van der Waals surface area contributed by atoms with Crippen molar-refractivity contribution < 1.29 is 21.1 Å². The van der Waals surface area contributed by atoms with Gasteiger partial charge in [-0.05, 0) is 11.4 Å². The molecule has 0 unspecified atom stereocenters. The van der Waals surface area contributed by atoms with Gasteiger partial charge in [0.2, 0.25) is 0 Å². The van der Waals surface area contributed by atoms with E-state index in [4.69, 9.17) is 0 Å². The van der Waals surface area contributed by atoms with Gasteiger partial charge < -0.3 is 4.81 Å². The molecule has 0 spiro atoms. The second kappa shape index (κ2) is 8.39. The fourth-order valence-electron chi connectivity index (χ4n) is 5.48. The molecule has 0 atom stereocenters. The Hall–Kier alpha value is -4.29. The quantitative estimate of drug-likeness (QED) is 0.212. The molecule has 0 saturated heterocycles. The minimum atomic E-state index is -0.0260. The van der Waals surface area contributed by atoms with Crippen LogP contribution in [-0.2, 0) is 21.1 Å². The van der Waals surface area contributed by atoms with Crippen molar-refractivity contribution in [1.29, 1.82) is 0 Å². The van der Waals surface area contributed by atoms with Crippen LogP contribution >= 0.6 is 0 Å². The molecule has 2 aromatic heterocycles. The molecule has 2 aliphatic heterocycles. The zero-order chi connectivity index (χ0) is 23.6. The van der Waals surface area contributed by atoms with Crippen molar-refractivity contribution in [2.45, 2.75) is 0 Å². The molecule has 4 aromatic carbocycles. The molecule has 0 aliphatic carbocycles. The summed E-state index contributed by atoms with van der Waals surface area (Å²) in [4.78, 5) is 2.36. The summed E-state index contributed by atoms with van der Waals surface area (Å²) in [6.07, 6.45) is 7.02. The number of benzene rings is 4. The van der Waals surface area contributed by atoms with Gasteiger partial charge >= 0.3 is 27.9 Å². The normalized spacial score (nSPS) is 12.5. The van der Waals surface area contributed by atoms with Gasteiger partial charge in [0, 0.05) is 12.4 Å². The number of fused-ring (bicyclic) bond motifs is 11. The molecular weight excluding hydrogens is 640 g/mol. The number of rotatable bonds is 2. The average molecular weight is 656 g/mol. The third-order valence-corrected chi connectivity index (χ3v) is 6.99. The van der Waals surface area contributed by atoms with Crippen molar-refractivity contribution in [2.24, 2.45) is 0 Å². The van der Waals surface area contributed by atoms with E-state index in [1.165, 1.54) is 22.1 Å². The standard InChI is InChI=1S/C28H16BN7.Pt/c1-3-7-25-21(5-1)23-11-9-19(34-15-13-30-32-34)17-27(23)36-28-18-20(35-16-14-31-33-35)10-12-24(28)22-6-2-4-8-26(22)29(25)36;/h1-16H;/q-2;+2. The van der Waals surface area contributed by atoms with Crippen LogP contribution in [0.3, 0.4) is 0 Å². The molecule has 4 heterocycles. The van der Waals surface area contributed by atoms with Gasteiger partial charge in [-0.3, -0.25) is 0 Å². The molecule has 0 N–H and O–H groups in total. The minimum absolute atomic E-state index is 0. The first kappa shape index (κ1) is 22.0. The topological polar surface area (TPSA) is 64.7 Å². The Morgan fingerprint density at radius 3 is 1.51 bits per heavy atom. The summed E-state index contributed by atoms with van der Waals surface area (Å²) in [6.45, 7) is -0.0260. The van der Waals surface area contributed by atoms with Crippen molar-refractivity contribution in [3.8, 4) is 33.6 Å². The zero-order valence-electron chi connectivity index (χ0n) is 19.3. The van der Waals surface area contributed by atoms with E-state index >= 15 is 0 Å². The van der Waals surface area contributed by atoms with Crippen molar-refractivity contribution in [2.75, 3.05) is 4.81 Å². The van der Waals surface area contributed by atoms with E-state index in [1.807, 2.05) is 24.5 Å². The number of anilines is 2. The molecule has 37 heavy (non-hydrogen) atoms. The largest absolute Gasteiger partial charge is 2.00 e. The Labute approximate surface area is 227 Å². The van der Waals surface area contributed by atoms with Crippen LogP contribution < -0.4 is 15.7 Å². The van der Waals surface area contributed by atoms with E-state index in [0.29, 0.717) is 0 Å². The van der Waals surface area contributed by atoms with E-state index in [9.17, 15) is 0 Å². The molecule has 8 rings (SSSR count). The fraction of sp³-hybridized carbons (Fsp3) is 0. The van der Waals surface area contributed by atoms with Gasteiger partial charge in [0.05, 0.1) is 12.4 Å². The maximum Gasteiger partial charge on any atom is 2.00 e. The minimum Gasteiger partial charge on any atom is -0.418 e. The first-order valence-electron chi connectivity index (χ1n) is 11.7. The Morgan fingerprint density at radius 1 is 0.568 bits per heavy atom. The van der Waals surface area contributed by atoms with Crippen LogP contribution in [0.4, 0.5) is 11.4 Å². The van der Waals surface area contributed by atoms with Gasteiger partial charge in [0.1, 0.15) is 0 Å². The predicted molar refractivity (Wildman–Crippen MR) is 138 cm³/mol. The van der Waals surface area contributed by atoms with Gasteiger partial charge in [-0.15, -0.1) is 45.6 Å². The Kier molecular flexibility index (Phi) is 4.98. The maximum atomic E-state index is 4.20. The third kappa shape index (κ3) is 3.19. The molecule has 0 fully saturated rings. The number of aromatic nitrogens is 6. The number of hydrogen-bond acceptors (Lipinski definition) is 5. The van der Waals surface area contributed by atoms with E-state index in [2.05, 4.69) is 98.2 Å². The summed E-state index contributed by atoms with van der Waals surface area (Å²) in [6, 6.07) is 33.0. The molecule has 0 amide bonds. The van der Waals surface area contributed by atoms with Crippen LogP contribution in [0.15, 0.2) is 97.6 Å². The molecule has 176 valence electrons. The molecule has 0 saturated carbocycles. The van der Waals surface area contributed by atoms with Gasteiger partial charge in [-0.1, -0.05) is 92.4 Å². The average Bonchev–Trinajstić information content (AvgIpc) is 3.67. The number of nitrogens with zero attached hydrogens (tertiary/aromatic N) is 7. The fourth-order valence-corrected chi connectivity index (χ4v) is 5.48. The van der Waals surface area contributed by atoms with Crippen molar-refractivity contribution >= 4 is 29.1 Å². The van der Waals surface area contributed by atoms with Crippen LogP contribution in [0.5, 0.6) is 0 Å². The summed E-state index contributed by atoms with van der Waals surface area (Å²) in [5.41, 5.74) is 10.8. The molecule has 0 bridgehead atoms. The van der Waals surface area contributed by atoms with E-state index < -0.39 is 0 Å². The van der Waals surface area contributed by atoms with E-state index in [0.717, 1.165) is 33.9 Å². The van der Waals surface area contributed by atoms with Crippen LogP contribution in [0.2, 0.25) is 0 Å². The molecular formula is C28H16BN7Pt. The zero-order valence-corrected chi connectivity index (χ0v) is 21.5. The monoisotopic (exact) mass is 656 g/mol. The second-order valence-corrected chi connectivity index (χ2v) is 8.85. The Morgan fingerprint density at radius 2 is 1.05 bits per heavy atom. The molecule has 2 aliphatic rings. The van der Waals surface area contributed by atoms with Crippen LogP contribution in [0.25, 0.3) is 33.6 Å². The second-order valence-electron chi connectivity index (χ2n) is 8.85. The maximum absolute atomic E-state index is 4.20. The summed E-state index contributed by atoms with van der Waals surface area (Å²) in [7, 11) is 0. The molecule has 0 radical (unpaired) electrons. The first-order chi connectivity index (χ1) is 17.9. The van der Waals surface area contributed by atoms with Gasteiger partial charge in [-0.25, -0.2) is 9.36 Å². The summed E-state index contributed by atoms with van der Waals surface area (Å²) in [5.74, 6) is 0. The smallest absolute Gasteiger partial charge is 0.418 e. The molecule has 6 aromatic rings. The Bertz CT molecular complexity index is 1640. The van der Waals surface area contributed by atoms with Crippen molar-refractivity contribution in [3.05, 3.63) is 110 Å². The summed E-state index contributed by atoms with van der Waals surface area (Å²) >= 11 is 0. The van der Waals surface area contributed by atoms with Crippen molar-refractivity contribution in [1.82, 2.24) is 30.0 Å². The van der Waals surface area contributed by atoms with Gasteiger partial charge in [0.15, 0.2) is 0 Å².